The van der Waals surface area contributed by atoms with Crippen LogP contribution in [0.1, 0.15) is 152 Å². The third-order valence-electron chi connectivity index (χ3n) is 13.5. The van der Waals surface area contributed by atoms with E-state index in [1.54, 1.807) is 19.1 Å². The molecule has 0 amide bonds. The number of carbonyl (C=O) groups excluding carboxylic acids is 4. The molecular formula is C60H91N41O12. The number of aryl methyl sites for hydroxylation is 3. The molecule has 2 saturated heterocycles. The molecule has 1 aromatic heterocycles. The zero-order chi connectivity index (χ0) is 85.1. The number of epoxide rings is 2. The maximum atomic E-state index is 11.3. The van der Waals surface area contributed by atoms with Crippen LogP contribution in [-0.4, -0.2) is 113 Å². The Morgan fingerprint density at radius 2 is 0.726 bits per heavy atom. The van der Waals surface area contributed by atoms with Crippen LogP contribution in [0.2, 0.25) is 0 Å². The summed E-state index contributed by atoms with van der Waals surface area (Å²) in [7, 11) is 3.36. The average molecular weight is 1580 g/mol. The van der Waals surface area contributed by atoms with E-state index in [1.807, 2.05) is 12.4 Å². The van der Waals surface area contributed by atoms with Crippen LogP contribution in [0, 0.1) is 25.3 Å². The van der Waals surface area contributed by atoms with Crippen LogP contribution in [0.15, 0.2) is 149 Å². The molecule has 2 aliphatic heterocycles. The molecule has 3 aromatic rings. The summed E-state index contributed by atoms with van der Waals surface area (Å²) in [5, 5.41) is 29.8. The minimum Gasteiger partial charge on any atom is -0.464 e. The second-order valence-electron chi connectivity index (χ2n) is 21.4. The minimum atomic E-state index is -0.346. The molecule has 53 heteroatoms. The van der Waals surface area contributed by atoms with Crippen molar-refractivity contribution in [1.29, 1.82) is 5.53 Å². The lowest BCUT2D eigenvalue weighted by Gasteiger charge is -2.29. The van der Waals surface area contributed by atoms with Crippen LogP contribution in [0.25, 0.3) is 147 Å². The fraction of sp³-hybridized carbons (Fsp3) is 0.600. The monoisotopic (exact) mass is 1580 g/mol. The molecule has 53 nitrogen and oxygen atoms in total. The zero-order valence-corrected chi connectivity index (χ0v) is 62.7. The fourth-order valence-electron chi connectivity index (χ4n) is 8.26. The molecule has 2 aromatic carbocycles. The molecule has 2 atom stereocenters. The van der Waals surface area contributed by atoms with Crippen molar-refractivity contribution >= 4 is 23.9 Å². The molecule has 3 heterocycles. The van der Waals surface area contributed by atoms with E-state index in [9.17, 15) is 19.2 Å². The summed E-state index contributed by atoms with van der Waals surface area (Å²) in [6.07, 6.45) is 28.2. The first-order valence-electron chi connectivity index (χ1n) is 33.6. The predicted octanol–water partition coefficient (Wildman–Crippen LogP) is 22.0. The largest absolute Gasteiger partial charge is 0.464 e. The molecule has 2 unspecified atom stereocenters. The van der Waals surface area contributed by atoms with Crippen molar-refractivity contribution < 1.29 is 58.5 Å². The number of nitrogens with one attached hydrogen (secondary N) is 1. The third-order valence-corrected chi connectivity index (χ3v) is 13.5. The number of rotatable bonds is 38. The number of azide groups is 12. The number of methoxy groups -OCH3 is 2. The van der Waals surface area contributed by atoms with Gasteiger partial charge in [0.15, 0.2) is 18.0 Å². The Balaban J connectivity index is -0.000000301. The highest BCUT2D eigenvalue weighted by Crippen LogP contribution is 2.38. The second-order valence-corrected chi connectivity index (χ2v) is 21.4. The van der Waals surface area contributed by atoms with Crippen LogP contribution in [-0.2, 0) is 63.5 Å². The minimum absolute atomic E-state index is 0. The Labute approximate surface area is 647 Å². The van der Waals surface area contributed by atoms with Gasteiger partial charge in [0.2, 0.25) is 0 Å². The van der Waals surface area contributed by atoms with E-state index in [0.29, 0.717) is 39.6 Å². The van der Waals surface area contributed by atoms with Crippen LogP contribution in [0.5, 0.6) is 0 Å². The number of hydrogen-bond donors (Lipinski definition) is 1. The molecule has 1 N–H and O–H groups in total. The van der Waals surface area contributed by atoms with E-state index in [-0.39, 0.29) is 37.5 Å². The van der Waals surface area contributed by atoms with Crippen molar-refractivity contribution in [2.45, 2.75) is 160 Å². The van der Waals surface area contributed by atoms with Gasteiger partial charge in [-0.3, -0.25) is 0 Å². The standard InChI is InChI=1S/C21H26N2O3.C21H30O2.C9H16O4.C9H16O3.6N6.HN3.H2/c1-16-8-10-18(11-9-16)20-22-13-17(14-23-20)7-5-3-2-4-6-12-25-21(24)19-15-26-19;1-3-21(22)23-16-6-4-5-7-18-10-14-20(15-11-18)19-12-8-17(2)9-13-19;1-11-5-3-2-4-6-12-9(10)8-7-13-8;1-3-9(10)12-8-6-4-5-7-11-2;6*1-3-5-6-4-2;1-3-2;/h8-11,13-14,19H,2-7,12,15H2,1H3;3,8-9,12-13,18,20H,1,4-7,10-11,14-16H2,2H3;8H,2-7H2,1H3;3H,1,4-8H2,2H3;;;;;;;1H;1H. The Hall–Kier alpha value is -14.2. The highest BCUT2D eigenvalue weighted by atomic mass is 16.6. The van der Waals surface area contributed by atoms with Crippen molar-refractivity contribution in [3.8, 4) is 11.4 Å². The summed E-state index contributed by atoms with van der Waals surface area (Å²) in [5.41, 5.74) is 107. The Morgan fingerprint density at radius 3 is 1.04 bits per heavy atom. The fourth-order valence-corrected chi connectivity index (χ4v) is 8.26. The van der Waals surface area contributed by atoms with Crippen LogP contribution >= 0.6 is 0 Å². The number of ether oxygens (including phenoxy) is 8. The van der Waals surface area contributed by atoms with Crippen LogP contribution in [0.3, 0.4) is 0 Å². The third kappa shape index (κ3) is 80.1. The molecule has 608 valence electrons. The molecule has 1 aliphatic carbocycles. The SMILES string of the molecule is C=CC(=O)OCCCCCC1CCC(c2ccc(C)cc2)CC1.C=CC(=O)OCCCCCOC.COCCCCCOC(=O)C1CO1.Cc1ccc(-c2ncc(CCCCCCCOC(=O)C3CO3)cn2)cc1.[HH].[N-]=[N+]=N.[N-]=[N+]=NN=[N+]=[N-].[N-]=[N+]=NN=[N+]=[N-].[N-]=[N+]=NN=[N+]=[N-].[N-]=[N+]=NN=[N+]=[N-].[N-]=[N+]=NN=[N+]=[N-].[N-]=[N+]=NN=[N+]=[N-]. The van der Waals surface area contributed by atoms with E-state index >= 15 is 0 Å². The van der Waals surface area contributed by atoms with E-state index in [4.69, 9.17) is 115 Å². The number of unbranched alkanes of at least 4 members (excludes halogenated alkanes) is 10. The number of aromatic nitrogens is 2. The lowest BCUT2D eigenvalue weighted by atomic mass is 9.77. The molecule has 3 aliphatic rings. The van der Waals surface area contributed by atoms with Crippen LogP contribution in [0.4, 0.5) is 0 Å². The molecule has 0 bridgehead atoms. The Kier molecular flexibility index (Phi) is 82.3. The molecule has 0 radical (unpaired) electrons. The number of benzene rings is 2. The Morgan fingerprint density at radius 1 is 0.442 bits per heavy atom. The number of carbonyl (C=O) groups is 4. The summed E-state index contributed by atoms with van der Waals surface area (Å²) >= 11 is 0. The van der Waals surface area contributed by atoms with Gasteiger partial charge in [-0.25, -0.2) is 29.1 Å². The maximum Gasteiger partial charge on any atom is 0.337 e. The summed E-state index contributed by atoms with van der Waals surface area (Å²) in [6.45, 7) is 15.5. The van der Waals surface area contributed by atoms with Gasteiger partial charge < -0.3 is 37.9 Å². The molecule has 113 heavy (non-hydrogen) atoms. The lowest BCUT2D eigenvalue weighted by Crippen LogP contribution is -2.13. The average Bonchev–Trinajstić information content (AvgIpc) is 1.39. The molecule has 6 rings (SSSR count). The van der Waals surface area contributed by atoms with Gasteiger partial charge in [0.1, 0.15) is 0 Å². The number of hydrogen-bond acceptors (Lipinski definition) is 15. The van der Waals surface area contributed by atoms with Gasteiger partial charge in [0.25, 0.3) is 31.3 Å². The van der Waals surface area contributed by atoms with Crippen molar-refractivity contribution in [3.05, 3.63) is 244 Å². The van der Waals surface area contributed by atoms with Crippen molar-refractivity contribution in [3.63, 3.8) is 0 Å². The summed E-state index contributed by atoms with van der Waals surface area (Å²) in [4.78, 5) is 79.9. The van der Waals surface area contributed by atoms with Gasteiger partial charge in [0, 0.05) is 88.4 Å². The first kappa shape index (κ1) is 107. The summed E-state index contributed by atoms with van der Waals surface area (Å²) < 4.78 is 39.2. The smallest absolute Gasteiger partial charge is 0.337 e. The topological polar surface area (TPSA) is 820 Å². The molecular weight excluding hydrogens is 1490 g/mol. The van der Waals surface area contributed by atoms with E-state index in [1.165, 1.54) is 79.4 Å². The van der Waals surface area contributed by atoms with Gasteiger partial charge in [-0.05, 0) is 137 Å². The first-order chi connectivity index (χ1) is 55.0. The maximum absolute atomic E-state index is 11.3. The second kappa shape index (κ2) is 86.7. The van der Waals surface area contributed by atoms with Gasteiger partial charge in [-0.15, -0.1) is 38.7 Å². The van der Waals surface area contributed by atoms with E-state index < -0.39 is 0 Å². The van der Waals surface area contributed by atoms with Gasteiger partial charge in [-0.1, -0.05) is 145 Å². The normalized spacial score (nSPS) is 12.7. The summed E-state index contributed by atoms with van der Waals surface area (Å²) in [6, 6.07) is 17.4. The van der Waals surface area contributed by atoms with Crippen LogP contribution < -0.4 is 0 Å². The molecule has 1 saturated carbocycles. The quantitative estimate of drug-likeness (QED) is 0.00641. The zero-order valence-electron chi connectivity index (χ0n) is 62.7. The van der Waals surface area contributed by atoms with Crippen molar-refractivity contribution in [2.24, 2.45) is 68.6 Å². The number of esters is 4. The summed E-state index contributed by atoms with van der Waals surface area (Å²) in [5.74, 6) is 1.37. The van der Waals surface area contributed by atoms with Gasteiger partial charge in [0.05, 0.1) is 71.0 Å². The van der Waals surface area contributed by atoms with E-state index in [2.05, 4.69) is 207 Å². The Bertz CT molecular complexity index is 3450. The first-order valence-corrected chi connectivity index (χ1v) is 33.6. The predicted molar refractivity (Wildman–Crippen MR) is 410 cm³/mol. The van der Waals surface area contributed by atoms with Gasteiger partial charge >= 0.3 is 23.9 Å². The van der Waals surface area contributed by atoms with Crippen molar-refractivity contribution in [1.82, 2.24) is 9.97 Å². The molecule has 3 fully saturated rings. The highest BCUT2D eigenvalue weighted by Gasteiger charge is 2.33. The highest BCUT2D eigenvalue weighted by molar-refractivity contribution is 5.81. The van der Waals surface area contributed by atoms with E-state index in [0.717, 1.165) is 120 Å². The van der Waals surface area contributed by atoms with Crippen molar-refractivity contribution in [2.75, 3.05) is 67.1 Å². The number of nitrogens with zero attached hydrogens (tertiary/aromatic N) is 40. The van der Waals surface area contributed by atoms with Gasteiger partial charge in [-0.2, -0.15) is 29.5 Å². The lowest BCUT2D eigenvalue weighted by molar-refractivity contribution is -0.146. The molecule has 0 spiro atoms.